The first-order valence-electron chi connectivity index (χ1n) is 18.1. The molecule has 2 aliphatic heterocycles. The molecule has 2 aromatic heterocycles. The zero-order valence-corrected chi connectivity index (χ0v) is 30.8. The van der Waals surface area contributed by atoms with E-state index in [2.05, 4.69) is 11.0 Å². The van der Waals surface area contributed by atoms with E-state index in [0.717, 1.165) is 45.0 Å². The van der Waals surface area contributed by atoms with Gasteiger partial charge >= 0.3 is 12.1 Å². The van der Waals surface area contributed by atoms with E-state index in [1.807, 2.05) is 61.3 Å². The highest BCUT2D eigenvalue weighted by Gasteiger charge is 2.35. The number of carboxylic acid groups (broad SMARTS) is 1. The summed E-state index contributed by atoms with van der Waals surface area (Å²) >= 11 is 0. The lowest BCUT2D eigenvalue weighted by molar-refractivity contribution is -0.141. The lowest BCUT2D eigenvalue weighted by Gasteiger charge is -2.20. The Kier molecular flexibility index (Phi) is 10.5. The number of aliphatic hydroxyl groups is 1. The van der Waals surface area contributed by atoms with E-state index in [9.17, 15) is 33.4 Å². The molecule has 0 radical (unpaired) electrons. The average molecular weight is 751 g/mol. The van der Waals surface area contributed by atoms with Gasteiger partial charge in [-0.2, -0.15) is 18.4 Å². The first-order chi connectivity index (χ1) is 26.3. The van der Waals surface area contributed by atoms with Crippen molar-refractivity contribution in [3.63, 3.8) is 0 Å². The van der Waals surface area contributed by atoms with Gasteiger partial charge in [0.15, 0.2) is 11.5 Å². The van der Waals surface area contributed by atoms with E-state index < -0.39 is 29.7 Å². The number of benzene rings is 3. The molecule has 55 heavy (non-hydrogen) atoms. The van der Waals surface area contributed by atoms with Gasteiger partial charge in [-0.25, -0.2) is 9.50 Å². The molecule has 10 nitrogen and oxygen atoms in total. The first kappa shape index (κ1) is 37.8. The number of hydrogen-bond donors (Lipinski definition) is 2. The van der Waals surface area contributed by atoms with Crippen LogP contribution in [0, 0.1) is 31.1 Å². The molecular formula is C42H41F3N6O4. The van der Waals surface area contributed by atoms with Crippen molar-refractivity contribution in [2.45, 2.75) is 52.1 Å². The predicted octanol–water partition coefficient (Wildman–Crippen LogP) is 7.22. The number of methoxy groups -OCH3 is 1. The van der Waals surface area contributed by atoms with Crippen LogP contribution in [0.25, 0.3) is 40.3 Å². The number of carbonyl (C=O) groups is 1. The number of rotatable bonds is 10. The number of likely N-dealkylation sites (tertiary alicyclic amines) is 2. The lowest BCUT2D eigenvalue weighted by Crippen LogP contribution is -2.23. The third kappa shape index (κ3) is 7.84. The third-order valence-corrected chi connectivity index (χ3v) is 10.7. The van der Waals surface area contributed by atoms with Crippen molar-refractivity contribution < 1.29 is 32.9 Å². The monoisotopic (exact) mass is 750 g/mol. The predicted molar refractivity (Wildman–Crippen MR) is 202 cm³/mol. The highest BCUT2D eigenvalue weighted by Crippen LogP contribution is 2.39. The fourth-order valence-electron chi connectivity index (χ4n) is 7.77. The maximum Gasteiger partial charge on any atom is 0.417 e. The molecule has 0 bridgehead atoms. The molecule has 2 atom stereocenters. The van der Waals surface area contributed by atoms with Crippen molar-refractivity contribution in [2.75, 3.05) is 33.3 Å². The van der Waals surface area contributed by atoms with Crippen molar-refractivity contribution in [3.8, 4) is 34.3 Å². The van der Waals surface area contributed by atoms with Gasteiger partial charge in [0, 0.05) is 50.0 Å². The number of fused-ring (bicyclic) bond motifs is 1. The Bertz CT molecular complexity index is 2350. The van der Waals surface area contributed by atoms with E-state index >= 15 is 0 Å². The Hall–Kier alpha value is -5.55. The van der Waals surface area contributed by atoms with Gasteiger partial charge < -0.3 is 14.9 Å². The van der Waals surface area contributed by atoms with E-state index in [1.165, 1.54) is 19.3 Å². The molecule has 0 unspecified atom stereocenters. The van der Waals surface area contributed by atoms with Crippen LogP contribution >= 0.6 is 0 Å². The van der Waals surface area contributed by atoms with Gasteiger partial charge in [-0.15, -0.1) is 5.10 Å². The van der Waals surface area contributed by atoms with Crippen molar-refractivity contribution in [1.29, 1.82) is 5.26 Å². The Morgan fingerprint density at radius 2 is 1.65 bits per heavy atom. The number of pyridine rings is 1. The van der Waals surface area contributed by atoms with Crippen molar-refractivity contribution in [2.24, 2.45) is 5.92 Å². The number of ether oxygens (including phenoxy) is 1. The molecule has 2 N–H and O–H groups in total. The Balaban J connectivity index is 1.18. The van der Waals surface area contributed by atoms with Crippen LogP contribution in [0.3, 0.4) is 0 Å². The van der Waals surface area contributed by atoms with E-state index in [0.29, 0.717) is 73.9 Å². The Morgan fingerprint density at radius 3 is 2.33 bits per heavy atom. The van der Waals surface area contributed by atoms with Gasteiger partial charge in [0.25, 0.3) is 0 Å². The minimum atomic E-state index is -4.60. The van der Waals surface area contributed by atoms with Crippen LogP contribution in [0.15, 0.2) is 60.8 Å². The molecule has 3 aromatic carbocycles. The van der Waals surface area contributed by atoms with Gasteiger partial charge in [0.2, 0.25) is 0 Å². The molecule has 2 fully saturated rings. The van der Waals surface area contributed by atoms with Gasteiger partial charge in [-0.1, -0.05) is 48.6 Å². The van der Waals surface area contributed by atoms with E-state index in [1.54, 1.807) is 16.7 Å². The highest BCUT2D eigenvalue weighted by atomic mass is 19.4. The zero-order valence-electron chi connectivity index (χ0n) is 30.8. The summed E-state index contributed by atoms with van der Waals surface area (Å²) in [6.07, 6.45) is 1.06. The fraction of sp³-hybridized carbons (Fsp3) is 0.333. The Labute approximate surface area is 316 Å². The molecule has 5 aromatic rings. The number of halogens is 3. The number of nitriles is 1. The second-order valence-electron chi connectivity index (χ2n) is 14.4. The highest BCUT2D eigenvalue weighted by molar-refractivity contribution is 5.82. The van der Waals surface area contributed by atoms with Crippen LogP contribution < -0.4 is 4.74 Å². The number of carboxylic acids is 1. The van der Waals surface area contributed by atoms with Gasteiger partial charge in [0.05, 0.1) is 30.3 Å². The molecule has 0 spiro atoms. The number of aromatic nitrogens is 3. The second-order valence-corrected chi connectivity index (χ2v) is 14.4. The van der Waals surface area contributed by atoms with Crippen LogP contribution in [0.2, 0.25) is 0 Å². The molecule has 13 heteroatoms. The van der Waals surface area contributed by atoms with Gasteiger partial charge in [0.1, 0.15) is 11.8 Å². The summed E-state index contributed by atoms with van der Waals surface area (Å²) in [4.78, 5) is 20.2. The standard InChI is InChI=1S/C42H41F3N6O4/c1-25-28(10-11-29-18-38(55-3)32(17-37(29)42(43,44)45)23-50-15-13-33(52)24-50)6-4-7-34(25)35-8-5-9-36(26(35)2)39-47-40-31(19-46)16-27(21-51(40)48-39)20-49-14-12-30(22-49)41(53)54/h4-11,16-18,21,30,33,52H,12-15,20,22-24H2,1-3H3,(H,53,54)/b11-10+/t30-,33-/m1/s1. The van der Waals surface area contributed by atoms with Crippen LogP contribution in [-0.4, -0.2) is 80.0 Å². The minimum absolute atomic E-state index is 0.0137. The van der Waals surface area contributed by atoms with E-state index in [-0.39, 0.29) is 12.1 Å². The van der Waals surface area contributed by atoms with Crippen LogP contribution in [-0.2, 0) is 24.1 Å². The summed E-state index contributed by atoms with van der Waals surface area (Å²) < 4.78 is 50.4. The van der Waals surface area contributed by atoms with Gasteiger partial charge in [-0.3, -0.25) is 14.6 Å². The molecular weight excluding hydrogens is 709 g/mol. The molecule has 0 saturated carbocycles. The number of β-amino-alcohol motifs (C(OH)–C–C–N with tert-alkyl or cyclic N) is 1. The number of aliphatic carboxylic acids is 1. The number of aliphatic hydroxyl groups excluding tert-OH is 1. The van der Waals surface area contributed by atoms with Crippen molar-refractivity contribution in [3.05, 3.63) is 105 Å². The molecule has 7 rings (SSSR count). The normalized spacial score (nSPS) is 18.1. The summed E-state index contributed by atoms with van der Waals surface area (Å²) in [7, 11) is 1.44. The Morgan fingerprint density at radius 1 is 0.964 bits per heavy atom. The number of alkyl halides is 3. The smallest absolute Gasteiger partial charge is 0.417 e. The molecule has 2 aliphatic rings. The maximum absolute atomic E-state index is 14.4. The number of nitrogens with zero attached hydrogens (tertiary/aromatic N) is 6. The maximum atomic E-state index is 14.4. The fourth-order valence-corrected chi connectivity index (χ4v) is 7.77. The minimum Gasteiger partial charge on any atom is -0.496 e. The molecule has 284 valence electrons. The van der Waals surface area contributed by atoms with Crippen LogP contribution in [0.1, 0.15) is 57.3 Å². The van der Waals surface area contributed by atoms with Crippen molar-refractivity contribution in [1.82, 2.24) is 24.4 Å². The summed E-state index contributed by atoms with van der Waals surface area (Å²) in [6.45, 7) is 6.74. The third-order valence-electron chi connectivity index (χ3n) is 10.7. The summed E-state index contributed by atoms with van der Waals surface area (Å²) in [5.41, 5.74) is 6.32. The summed E-state index contributed by atoms with van der Waals surface area (Å²) in [5.74, 6) is -0.415. The topological polar surface area (TPSA) is 127 Å². The summed E-state index contributed by atoms with van der Waals surface area (Å²) in [6, 6.07) is 18.1. The molecule has 0 aliphatic carbocycles. The molecule has 4 heterocycles. The summed E-state index contributed by atoms with van der Waals surface area (Å²) in [5, 5.41) is 34.1. The molecule has 0 amide bonds. The lowest BCUT2D eigenvalue weighted by atomic mass is 9.91. The van der Waals surface area contributed by atoms with Crippen LogP contribution in [0.5, 0.6) is 5.75 Å². The zero-order chi connectivity index (χ0) is 39.0. The SMILES string of the molecule is COc1cc(/C=C/c2cccc(-c3cccc(-c4nc5c(C#N)cc(CN6CC[C@@H](C(=O)O)C6)cn5n4)c3C)c2C)c(C(F)(F)F)cc1CN1CC[C@@H](O)C1. The molecule has 2 saturated heterocycles. The number of hydrogen-bond acceptors (Lipinski definition) is 8. The largest absolute Gasteiger partial charge is 0.496 e. The van der Waals surface area contributed by atoms with Crippen LogP contribution in [0.4, 0.5) is 13.2 Å². The second kappa shape index (κ2) is 15.3. The van der Waals surface area contributed by atoms with Gasteiger partial charge in [-0.05, 0) is 90.4 Å². The first-order valence-corrected chi connectivity index (χ1v) is 18.1. The average Bonchev–Trinajstić information content (AvgIpc) is 3.91. The quantitative estimate of drug-likeness (QED) is 0.142. The van der Waals surface area contributed by atoms with Crippen molar-refractivity contribution >= 4 is 23.8 Å². The van der Waals surface area contributed by atoms with E-state index in [4.69, 9.17) is 14.8 Å².